The molecule has 2 amide bonds. The number of nitrogens with two attached hydrogens (primary N) is 1. The Morgan fingerprint density at radius 1 is 1.24 bits per heavy atom. The van der Waals surface area contributed by atoms with Crippen molar-refractivity contribution in [2.24, 2.45) is 17.6 Å². The first-order valence-corrected chi connectivity index (χ1v) is 9.22. The van der Waals surface area contributed by atoms with Crippen LogP contribution in [0.15, 0.2) is 0 Å². The van der Waals surface area contributed by atoms with Crippen LogP contribution < -0.4 is 16.4 Å². The van der Waals surface area contributed by atoms with Crippen LogP contribution in [0.2, 0.25) is 0 Å². The topological polar surface area (TPSA) is 125 Å². The quantitative estimate of drug-likeness (QED) is 0.490. The Balaban J connectivity index is 1.74. The average Bonchev–Trinajstić information content (AvgIpc) is 2.64. The van der Waals surface area contributed by atoms with Gasteiger partial charge in [-0.15, -0.1) is 0 Å². The second kappa shape index (κ2) is 9.72. The molecule has 2 heterocycles. The number of carboxylic acids is 1. The summed E-state index contributed by atoms with van der Waals surface area (Å²) in [4.78, 5) is 37.1. The summed E-state index contributed by atoms with van der Waals surface area (Å²) in [5.74, 6) is -0.895. The molecule has 0 saturated carbocycles. The predicted octanol–water partition coefficient (Wildman–Crippen LogP) is -0.467. The molecule has 2 aliphatic heterocycles. The van der Waals surface area contributed by atoms with Gasteiger partial charge in [-0.2, -0.15) is 0 Å². The third-order valence-electron chi connectivity index (χ3n) is 5.18. The van der Waals surface area contributed by atoms with Crippen LogP contribution in [0.3, 0.4) is 0 Å². The zero-order valence-electron chi connectivity index (χ0n) is 14.7. The molecule has 0 aliphatic carbocycles. The van der Waals surface area contributed by atoms with Gasteiger partial charge in [-0.3, -0.25) is 14.4 Å². The molecule has 142 valence electrons. The Bertz CT molecular complexity index is 479. The van der Waals surface area contributed by atoms with Crippen LogP contribution in [-0.4, -0.2) is 66.6 Å². The largest absolute Gasteiger partial charge is 0.480 e. The fourth-order valence-electron chi connectivity index (χ4n) is 3.52. The van der Waals surface area contributed by atoms with E-state index in [4.69, 9.17) is 10.8 Å². The van der Waals surface area contributed by atoms with Gasteiger partial charge >= 0.3 is 5.97 Å². The maximum absolute atomic E-state index is 12.4. The summed E-state index contributed by atoms with van der Waals surface area (Å²) in [6, 6.07) is -1.10. The molecule has 0 bridgehead atoms. The SMILES string of the molecule is NC(CNC(=O)[C@@H]1CCCN(C(=O)CCC2CCNCC2)C1)C(=O)O. The van der Waals surface area contributed by atoms with Gasteiger partial charge in [0.15, 0.2) is 0 Å². The van der Waals surface area contributed by atoms with Crippen molar-refractivity contribution in [1.29, 1.82) is 0 Å². The van der Waals surface area contributed by atoms with E-state index in [2.05, 4.69) is 10.6 Å². The molecule has 0 spiro atoms. The summed E-state index contributed by atoms with van der Waals surface area (Å²) in [5, 5.41) is 14.7. The number of nitrogens with zero attached hydrogens (tertiary/aromatic N) is 1. The Labute approximate surface area is 148 Å². The molecule has 2 saturated heterocycles. The molecule has 2 aliphatic rings. The molecular weight excluding hydrogens is 324 g/mol. The van der Waals surface area contributed by atoms with Gasteiger partial charge in [0.2, 0.25) is 11.8 Å². The number of carbonyl (C=O) groups is 3. The Morgan fingerprint density at radius 2 is 1.96 bits per heavy atom. The summed E-state index contributed by atoms with van der Waals surface area (Å²) in [6.07, 6.45) is 5.23. The zero-order chi connectivity index (χ0) is 18.2. The average molecular weight is 354 g/mol. The molecule has 25 heavy (non-hydrogen) atoms. The molecule has 2 rings (SSSR count). The van der Waals surface area contributed by atoms with Crippen LogP contribution in [0, 0.1) is 11.8 Å². The van der Waals surface area contributed by atoms with Crippen LogP contribution in [0.5, 0.6) is 0 Å². The lowest BCUT2D eigenvalue weighted by Crippen LogP contribution is -2.48. The minimum Gasteiger partial charge on any atom is -0.480 e. The number of aliphatic carboxylic acids is 1. The van der Waals surface area contributed by atoms with E-state index >= 15 is 0 Å². The fourth-order valence-corrected chi connectivity index (χ4v) is 3.52. The van der Waals surface area contributed by atoms with Gasteiger partial charge < -0.3 is 26.4 Å². The van der Waals surface area contributed by atoms with E-state index in [1.807, 2.05) is 0 Å². The Kier molecular flexibility index (Phi) is 7.64. The minimum atomic E-state index is -1.14. The van der Waals surface area contributed by atoms with Gasteiger partial charge in [-0.25, -0.2) is 0 Å². The number of hydrogen-bond acceptors (Lipinski definition) is 5. The van der Waals surface area contributed by atoms with Crippen molar-refractivity contribution in [3.05, 3.63) is 0 Å². The first-order valence-electron chi connectivity index (χ1n) is 9.22. The molecule has 0 aromatic rings. The van der Waals surface area contributed by atoms with Crippen LogP contribution in [0.4, 0.5) is 0 Å². The molecule has 2 atom stereocenters. The molecule has 8 heteroatoms. The number of piperidine rings is 2. The lowest BCUT2D eigenvalue weighted by atomic mass is 9.92. The predicted molar refractivity (Wildman–Crippen MR) is 92.8 cm³/mol. The number of likely N-dealkylation sites (tertiary alicyclic amines) is 1. The second-order valence-electron chi connectivity index (χ2n) is 7.10. The highest BCUT2D eigenvalue weighted by Gasteiger charge is 2.29. The summed E-state index contributed by atoms with van der Waals surface area (Å²) in [7, 11) is 0. The molecule has 0 radical (unpaired) electrons. The van der Waals surface area contributed by atoms with Crippen molar-refractivity contribution in [2.45, 2.75) is 44.6 Å². The van der Waals surface area contributed by atoms with Crippen molar-refractivity contribution >= 4 is 17.8 Å². The van der Waals surface area contributed by atoms with E-state index in [1.54, 1.807) is 4.90 Å². The van der Waals surface area contributed by atoms with Crippen LogP contribution >= 0.6 is 0 Å². The third kappa shape index (κ3) is 6.28. The molecule has 0 aromatic carbocycles. The third-order valence-corrected chi connectivity index (χ3v) is 5.18. The van der Waals surface area contributed by atoms with Crippen molar-refractivity contribution < 1.29 is 19.5 Å². The number of hydrogen-bond donors (Lipinski definition) is 4. The summed E-state index contributed by atoms with van der Waals surface area (Å²) < 4.78 is 0. The number of carbonyl (C=O) groups excluding carboxylic acids is 2. The van der Waals surface area contributed by atoms with E-state index in [0.717, 1.165) is 38.8 Å². The maximum atomic E-state index is 12.4. The van der Waals surface area contributed by atoms with E-state index in [9.17, 15) is 14.4 Å². The number of rotatable bonds is 7. The van der Waals surface area contributed by atoms with Gasteiger partial charge in [-0.05, 0) is 51.1 Å². The summed E-state index contributed by atoms with van der Waals surface area (Å²) in [5.41, 5.74) is 5.40. The van der Waals surface area contributed by atoms with E-state index in [-0.39, 0.29) is 24.3 Å². The summed E-state index contributed by atoms with van der Waals surface area (Å²) >= 11 is 0. The Morgan fingerprint density at radius 3 is 2.64 bits per heavy atom. The van der Waals surface area contributed by atoms with Crippen LogP contribution in [-0.2, 0) is 14.4 Å². The van der Waals surface area contributed by atoms with E-state index in [1.165, 1.54) is 0 Å². The Hall–Kier alpha value is -1.67. The molecule has 2 fully saturated rings. The van der Waals surface area contributed by atoms with Gasteiger partial charge in [0.25, 0.3) is 0 Å². The van der Waals surface area contributed by atoms with Gasteiger partial charge in [-0.1, -0.05) is 0 Å². The summed E-state index contributed by atoms with van der Waals surface area (Å²) in [6.45, 7) is 3.09. The lowest BCUT2D eigenvalue weighted by Gasteiger charge is -2.33. The highest BCUT2D eigenvalue weighted by molar-refractivity contribution is 5.82. The number of carboxylic acid groups (broad SMARTS) is 1. The number of nitrogens with one attached hydrogen (secondary N) is 2. The molecule has 1 unspecified atom stereocenters. The van der Waals surface area contributed by atoms with Crippen molar-refractivity contribution in [3.8, 4) is 0 Å². The van der Waals surface area contributed by atoms with E-state index in [0.29, 0.717) is 31.8 Å². The zero-order valence-corrected chi connectivity index (χ0v) is 14.7. The van der Waals surface area contributed by atoms with Crippen molar-refractivity contribution in [2.75, 3.05) is 32.7 Å². The minimum absolute atomic E-state index is 0.0890. The monoisotopic (exact) mass is 354 g/mol. The molecule has 0 aromatic heterocycles. The highest BCUT2D eigenvalue weighted by Crippen LogP contribution is 2.21. The van der Waals surface area contributed by atoms with Crippen LogP contribution in [0.1, 0.15) is 38.5 Å². The van der Waals surface area contributed by atoms with Gasteiger partial charge in [0, 0.05) is 26.1 Å². The second-order valence-corrected chi connectivity index (χ2v) is 7.10. The highest BCUT2D eigenvalue weighted by atomic mass is 16.4. The fraction of sp³-hybridized carbons (Fsp3) is 0.824. The van der Waals surface area contributed by atoms with Crippen molar-refractivity contribution in [1.82, 2.24) is 15.5 Å². The smallest absolute Gasteiger partial charge is 0.322 e. The van der Waals surface area contributed by atoms with Crippen LogP contribution in [0.25, 0.3) is 0 Å². The first kappa shape index (κ1) is 19.7. The number of amides is 2. The van der Waals surface area contributed by atoms with Gasteiger partial charge in [0.05, 0.1) is 5.92 Å². The van der Waals surface area contributed by atoms with Gasteiger partial charge in [0.1, 0.15) is 6.04 Å². The normalized spacial score (nSPS) is 23.1. The molecule has 8 nitrogen and oxygen atoms in total. The van der Waals surface area contributed by atoms with E-state index < -0.39 is 12.0 Å². The molecular formula is C17H30N4O4. The molecule has 5 N–H and O–H groups in total. The maximum Gasteiger partial charge on any atom is 0.322 e. The first-order chi connectivity index (χ1) is 12.0. The van der Waals surface area contributed by atoms with Crippen molar-refractivity contribution in [3.63, 3.8) is 0 Å². The standard InChI is InChI=1S/C17H30N4O4/c18-14(17(24)25)10-20-16(23)13-2-1-9-21(11-13)15(22)4-3-12-5-7-19-8-6-12/h12-14,19H,1-11,18H2,(H,20,23)(H,24,25)/t13-,14?/m1/s1. The lowest BCUT2D eigenvalue weighted by molar-refractivity contribution is -0.138.